The molecule has 0 radical (unpaired) electrons. The standard InChI is InChI=1S/C10H16O2/c1-10(2)11-8-5-6-3-4-7(6)9(8)12-10/h6-9H,3-5H2,1-2H3/t6-,7-,8-,9+/m0/s1. The number of rotatable bonds is 0. The molecule has 3 rings (SSSR count). The summed E-state index contributed by atoms with van der Waals surface area (Å²) in [6, 6.07) is 0. The van der Waals surface area contributed by atoms with Crippen LogP contribution in [0.25, 0.3) is 0 Å². The van der Waals surface area contributed by atoms with Crippen LogP contribution in [-0.4, -0.2) is 18.0 Å². The minimum absolute atomic E-state index is 0.310. The fraction of sp³-hybridized carbons (Fsp3) is 1.00. The lowest BCUT2D eigenvalue weighted by molar-refractivity contribution is -0.166. The fourth-order valence-electron chi connectivity index (χ4n) is 3.03. The minimum Gasteiger partial charge on any atom is -0.345 e. The monoisotopic (exact) mass is 168 g/mol. The SMILES string of the molecule is CC1(C)O[C@@H]2[C@H]3CC[C@H]3C[C@@H]2O1. The maximum atomic E-state index is 5.88. The summed E-state index contributed by atoms with van der Waals surface area (Å²) in [6.07, 6.45) is 4.87. The highest BCUT2D eigenvalue weighted by molar-refractivity contribution is 5.02. The zero-order chi connectivity index (χ0) is 8.34. The highest BCUT2D eigenvalue weighted by Gasteiger charge is 2.56. The summed E-state index contributed by atoms with van der Waals surface area (Å²) in [6.45, 7) is 4.05. The van der Waals surface area contributed by atoms with E-state index in [1.54, 1.807) is 0 Å². The van der Waals surface area contributed by atoms with Gasteiger partial charge in [0.15, 0.2) is 5.79 Å². The molecule has 3 aliphatic rings. The van der Waals surface area contributed by atoms with Gasteiger partial charge in [-0.05, 0) is 44.9 Å². The van der Waals surface area contributed by atoms with Gasteiger partial charge in [-0.3, -0.25) is 0 Å². The normalized spacial score (nSPS) is 54.5. The van der Waals surface area contributed by atoms with Crippen molar-refractivity contribution < 1.29 is 9.47 Å². The molecule has 1 saturated heterocycles. The summed E-state index contributed by atoms with van der Waals surface area (Å²) < 4.78 is 11.7. The van der Waals surface area contributed by atoms with Crippen molar-refractivity contribution in [2.24, 2.45) is 11.8 Å². The first kappa shape index (κ1) is 7.34. The molecule has 1 aliphatic heterocycles. The maximum absolute atomic E-state index is 5.88. The lowest BCUT2D eigenvalue weighted by atomic mass is 9.75. The molecular formula is C10H16O2. The van der Waals surface area contributed by atoms with Crippen molar-refractivity contribution in [1.82, 2.24) is 0 Å². The van der Waals surface area contributed by atoms with Crippen molar-refractivity contribution >= 4 is 0 Å². The summed E-state index contributed by atoms with van der Waals surface area (Å²) in [5.41, 5.74) is 0. The van der Waals surface area contributed by atoms with Crippen LogP contribution in [0.4, 0.5) is 0 Å². The number of ether oxygens (including phenoxy) is 2. The molecule has 0 amide bonds. The van der Waals surface area contributed by atoms with Gasteiger partial charge >= 0.3 is 0 Å². The van der Waals surface area contributed by atoms with Crippen LogP contribution in [0.15, 0.2) is 0 Å². The van der Waals surface area contributed by atoms with Crippen LogP contribution in [0, 0.1) is 11.8 Å². The van der Waals surface area contributed by atoms with Crippen LogP contribution < -0.4 is 0 Å². The van der Waals surface area contributed by atoms with Gasteiger partial charge in [0.1, 0.15) is 0 Å². The number of fused-ring (bicyclic) bond motifs is 3. The highest BCUT2D eigenvalue weighted by atomic mass is 16.8. The molecule has 0 spiro atoms. The zero-order valence-electron chi connectivity index (χ0n) is 7.75. The van der Waals surface area contributed by atoms with Crippen LogP contribution in [0.1, 0.15) is 33.1 Å². The van der Waals surface area contributed by atoms with Crippen molar-refractivity contribution in [3.63, 3.8) is 0 Å². The molecule has 1 heterocycles. The van der Waals surface area contributed by atoms with E-state index in [-0.39, 0.29) is 5.79 Å². The summed E-state index contributed by atoms with van der Waals surface area (Å²) in [7, 11) is 0. The topological polar surface area (TPSA) is 18.5 Å². The second kappa shape index (κ2) is 2.05. The van der Waals surface area contributed by atoms with Crippen molar-refractivity contribution in [2.45, 2.75) is 51.1 Å². The van der Waals surface area contributed by atoms with Gasteiger partial charge in [0.25, 0.3) is 0 Å². The van der Waals surface area contributed by atoms with Gasteiger partial charge in [-0.25, -0.2) is 0 Å². The zero-order valence-corrected chi connectivity index (χ0v) is 7.75. The summed E-state index contributed by atoms with van der Waals surface area (Å²) in [5, 5.41) is 0. The average molecular weight is 168 g/mol. The first-order valence-corrected chi connectivity index (χ1v) is 5.01. The third-order valence-electron chi connectivity index (χ3n) is 3.65. The first-order chi connectivity index (χ1) is 5.66. The molecule has 0 aromatic heterocycles. The molecule has 0 aromatic carbocycles. The third kappa shape index (κ3) is 0.826. The molecule has 0 N–H and O–H groups in total. The quantitative estimate of drug-likeness (QED) is 0.550. The summed E-state index contributed by atoms with van der Waals surface area (Å²) >= 11 is 0. The van der Waals surface area contributed by atoms with Gasteiger partial charge in [-0.15, -0.1) is 0 Å². The Bertz CT molecular complexity index is 212. The Labute approximate surface area is 73.2 Å². The van der Waals surface area contributed by atoms with E-state index in [9.17, 15) is 0 Å². The van der Waals surface area contributed by atoms with E-state index in [0.29, 0.717) is 12.2 Å². The largest absolute Gasteiger partial charge is 0.345 e. The molecule has 2 nitrogen and oxygen atoms in total. The average Bonchev–Trinajstić information content (AvgIpc) is 2.26. The van der Waals surface area contributed by atoms with Crippen molar-refractivity contribution in [3.05, 3.63) is 0 Å². The summed E-state index contributed by atoms with van der Waals surface area (Å²) in [4.78, 5) is 0. The molecule has 2 saturated carbocycles. The Morgan fingerprint density at radius 2 is 2.00 bits per heavy atom. The number of hydrogen-bond donors (Lipinski definition) is 0. The van der Waals surface area contributed by atoms with Crippen LogP contribution in [0.5, 0.6) is 0 Å². The predicted octanol–water partition coefficient (Wildman–Crippen LogP) is 1.94. The number of hydrogen-bond acceptors (Lipinski definition) is 2. The molecule has 3 fully saturated rings. The Hall–Kier alpha value is -0.0800. The molecule has 68 valence electrons. The van der Waals surface area contributed by atoms with Crippen LogP contribution in [-0.2, 0) is 9.47 Å². The van der Waals surface area contributed by atoms with Crippen molar-refractivity contribution in [3.8, 4) is 0 Å². The molecule has 2 heteroatoms. The lowest BCUT2D eigenvalue weighted by Crippen LogP contribution is -2.32. The van der Waals surface area contributed by atoms with Crippen molar-refractivity contribution in [2.75, 3.05) is 0 Å². The van der Waals surface area contributed by atoms with E-state index in [0.717, 1.165) is 11.8 Å². The second-order valence-corrected chi connectivity index (χ2v) is 4.88. The molecule has 4 atom stereocenters. The van der Waals surface area contributed by atoms with Crippen molar-refractivity contribution in [1.29, 1.82) is 0 Å². The molecule has 0 bridgehead atoms. The van der Waals surface area contributed by atoms with E-state index in [2.05, 4.69) is 0 Å². The Kier molecular flexibility index (Phi) is 1.25. The minimum atomic E-state index is -0.310. The smallest absolute Gasteiger partial charge is 0.163 e. The lowest BCUT2D eigenvalue weighted by Gasteiger charge is -2.34. The Balaban J connectivity index is 1.81. The fourth-order valence-corrected chi connectivity index (χ4v) is 3.03. The van der Waals surface area contributed by atoms with Crippen LogP contribution >= 0.6 is 0 Å². The maximum Gasteiger partial charge on any atom is 0.163 e. The van der Waals surface area contributed by atoms with Gasteiger partial charge < -0.3 is 9.47 Å². The van der Waals surface area contributed by atoms with Crippen LogP contribution in [0.3, 0.4) is 0 Å². The van der Waals surface area contributed by atoms with Gasteiger partial charge in [0.2, 0.25) is 0 Å². The third-order valence-corrected chi connectivity index (χ3v) is 3.65. The van der Waals surface area contributed by atoms with Gasteiger partial charge in [0, 0.05) is 0 Å². The van der Waals surface area contributed by atoms with E-state index in [1.807, 2.05) is 13.8 Å². The predicted molar refractivity (Wildman–Crippen MR) is 44.7 cm³/mol. The highest BCUT2D eigenvalue weighted by Crippen LogP contribution is 2.53. The van der Waals surface area contributed by atoms with E-state index in [1.165, 1.54) is 19.3 Å². The molecule has 0 unspecified atom stereocenters. The van der Waals surface area contributed by atoms with Gasteiger partial charge in [0.05, 0.1) is 12.2 Å². The molecular weight excluding hydrogens is 152 g/mol. The van der Waals surface area contributed by atoms with Gasteiger partial charge in [-0.1, -0.05) is 0 Å². The Morgan fingerprint density at radius 1 is 1.17 bits per heavy atom. The second-order valence-electron chi connectivity index (χ2n) is 4.88. The van der Waals surface area contributed by atoms with E-state index < -0.39 is 0 Å². The molecule has 0 aromatic rings. The summed E-state index contributed by atoms with van der Waals surface area (Å²) in [5.74, 6) is 1.45. The van der Waals surface area contributed by atoms with E-state index >= 15 is 0 Å². The molecule has 12 heavy (non-hydrogen) atoms. The first-order valence-electron chi connectivity index (χ1n) is 5.01. The van der Waals surface area contributed by atoms with Crippen LogP contribution in [0.2, 0.25) is 0 Å². The van der Waals surface area contributed by atoms with E-state index in [4.69, 9.17) is 9.47 Å². The Morgan fingerprint density at radius 3 is 2.67 bits per heavy atom. The molecule has 2 aliphatic carbocycles. The van der Waals surface area contributed by atoms with Gasteiger partial charge in [-0.2, -0.15) is 0 Å².